The van der Waals surface area contributed by atoms with Crippen LogP contribution < -0.4 is 5.73 Å². The molecule has 0 amide bonds. The second-order valence-electron chi connectivity index (χ2n) is 4.79. The van der Waals surface area contributed by atoms with Crippen molar-refractivity contribution in [2.45, 2.75) is 33.4 Å². The van der Waals surface area contributed by atoms with Crippen LogP contribution in [0.3, 0.4) is 0 Å². The van der Waals surface area contributed by atoms with Crippen LogP contribution in [0, 0.1) is 0 Å². The van der Waals surface area contributed by atoms with Crippen LogP contribution in [0.1, 0.15) is 32.5 Å². The van der Waals surface area contributed by atoms with E-state index in [0.29, 0.717) is 19.8 Å². The summed E-state index contributed by atoms with van der Waals surface area (Å²) in [6.45, 7) is 12.2. The molecule has 0 saturated heterocycles. The van der Waals surface area contributed by atoms with Crippen molar-refractivity contribution < 1.29 is 9.47 Å². The number of rotatable bonds is 12. The van der Waals surface area contributed by atoms with Crippen molar-refractivity contribution in [2.24, 2.45) is 5.73 Å². The van der Waals surface area contributed by atoms with Gasteiger partial charge in [-0.3, -0.25) is 4.90 Å². The normalized spacial score (nSPS) is 13.0. The predicted octanol–water partition coefficient (Wildman–Crippen LogP) is 1.28. The van der Waals surface area contributed by atoms with Gasteiger partial charge in [0.05, 0.1) is 31.3 Å². The molecule has 1 heterocycles. The van der Waals surface area contributed by atoms with Gasteiger partial charge in [-0.1, -0.05) is 0 Å². The van der Waals surface area contributed by atoms with E-state index in [4.69, 9.17) is 15.2 Å². The van der Waals surface area contributed by atoms with Crippen molar-refractivity contribution in [3.8, 4) is 0 Å². The van der Waals surface area contributed by atoms with Gasteiger partial charge in [-0.15, -0.1) is 0 Å². The fourth-order valence-corrected chi connectivity index (χ4v) is 2.41. The molecule has 6 heteroatoms. The largest absolute Gasteiger partial charge is 0.380 e. The molecular weight excluding hydrogens is 268 g/mol. The molecule has 6 nitrogen and oxygen atoms in total. The topological polar surface area (TPSA) is 65.5 Å². The molecule has 1 rings (SSSR count). The Morgan fingerprint density at radius 3 is 2.29 bits per heavy atom. The first-order valence-electron chi connectivity index (χ1n) is 7.87. The van der Waals surface area contributed by atoms with Gasteiger partial charge in [0.15, 0.2) is 0 Å². The van der Waals surface area contributed by atoms with E-state index in [1.54, 1.807) is 0 Å². The third-order valence-corrected chi connectivity index (χ3v) is 3.54. The minimum atomic E-state index is 0.147. The smallest absolute Gasteiger partial charge is 0.0948 e. The van der Waals surface area contributed by atoms with Crippen molar-refractivity contribution in [3.05, 3.63) is 18.2 Å². The zero-order valence-corrected chi connectivity index (χ0v) is 13.6. The Kier molecular flexibility index (Phi) is 9.25. The number of aryl methyl sites for hydroxylation is 1. The van der Waals surface area contributed by atoms with Crippen molar-refractivity contribution >= 4 is 0 Å². The van der Waals surface area contributed by atoms with E-state index in [2.05, 4.69) is 21.4 Å². The highest BCUT2D eigenvalue weighted by Gasteiger charge is 2.21. The maximum Gasteiger partial charge on any atom is 0.0948 e. The molecule has 21 heavy (non-hydrogen) atoms. The minimum Gasteiger partial charge on any atom is -0.380 e. The summed E-state index contributed by atoms with van der Waals surface area (Å²) in [7, 11) is 0. The molecule has 0 fully saturated rings. The fourth-order valence-electron chi connectivity index (χ4n) is 2.41. The van der Waals surface area contributed by atoms with E-state index in [0.717, 1.165) is 38.5 Å². The molecule has 1 atom stereocenters. The minimum absolute atomic E-state index is 0.147. The van der Waals surface area contributed by atoms with Crippen molar-refractivity contribution in [3.63, 3.8) is 0 Å². The van der Waals surface area contributed by atoms with Gasteiger partial charge in [0, 0.05) is 45.6 Å². The lowest BCUT2D eigenvalue weighted by Crippen LogP contribution is -2.39. The van der Waals surface area contributed by atoms with Crippen molar-refractivity contribution in [2.75, 3.05) is 46.1 Å². The number of hydrogen-bond donors (Lipinski definition) is 1. The highest BCUT2D eigenvalue weighted by atomic mass is 16.5. The van der Waals surface area contributed by atoms with E-state index in [1.807, 2.05) is 26.4 Å². The van der Waals surface area contributed by atoms with Crippen molar-refractivity contribution in [1.29, 1.82) is 0 Å². The van der Waals surface area contributed by atoms with E-state index in [-0.39, 0.29) is 6.04 Å². The van der Waals surface area contributed by atoms with Crippen LogP contribution in [-0.2, 0) is 16.0 Å². The van der Waals surface area contributed by atoms with Crippen LogP contribution in [0.5, 0.6) is 0 Å². The number of nitrogens with two attached hydrogens (primary N) is 1. The van der Waals surface area contributed by atoms with Crippen molar-refractivity contribution in [1.82, 2.24) is 14.5 Å². The van der Waals surface area contributed by atoms with Crippen LogP contribution in [0.4, 0.5) is 0 Å². The average Bonchev–Trinajstić information content (AvgIpc) is 2.96. The maximum atomic E-state index is 6.03. The van der Waals surface area contributed by atoms with Gasteiger partial charge < -0.3 is 19.8 Å². The molecule has 0 spiro atoms. The first-order valence-corrected chi connectivity index (χ1v) is 7.87. The molecule has 122 valence electrons. The molecular formula is C15H30N4O2. The second-order valence-corrected chi connectivity index (χ2v) is 4.79. The Bertz CT molecular complexity index is 360. The summed E-state index contributed by atoms with van der Waals surface area (Å²) in [5.74, 6) is 0. The highest BCUT2D eigenvalue weighted by Crippen LogP contribution is 2.19. The predicted molar refractivity (Wildman–Crippen MR) is 84.3 cm³/mol. The van der Waals surface area contributed by atoms with Gasteiger partial charge in [0.1, 0.15) is 0 Å². The Morgan fingerprint density at radius 1 is 1.19 bits per heavy atom. The van der Waals surface area contributed by atoms with Crippen LogP contribution >= 0.6 is 0 Å². The molecule has 2 N–H and O–H groups in total. The summed E-state index contributed by atoms with van der Waals surface area (Å²) in [6, 6.07) is 0.147. The Hall–Kier alpha value is -0.950. The second kappa shape index (κ2) is 10.7. The highest BCUT2D eigenvalue weighted by molar-refractivity contribution is 5.06. The number of ether oxygens (including phenoxy) is 2. The number of hydrogen-bond acceptors (Lipinski definition) is 5. The van der Waals surface area contributed by atoms with Gasteiger partial charge >= 0.3 is 0 Å². The quantitative estimate of drug-likeness (QED) is 0.589. The Balaban J connectivity index is 2.75. The van der Waals surface area contributed by atoms with Gasteiger partial charge in [-0.2, -0.15) is 0 Å². The lowest BCUT2D eigenvalue weighted by molar-refractivity contribution is 0.0624. The summed E-state index contributed by atoms with van der Waals surface area (Å²) in [5.41, 5.74) is 7.19. The van der Waals surface area contributed by atoms with Crippen LogP contribution in [0.2, 0.25) is 0 Å². The maximum absolute atomic E-state index is 6.03. The molecule has 1 aromatic heterocycles. The van der Waals surface area contributed by atoms with Gasteiger partial charge in [0.25, 0.3) is 0 Å². The molecule has 0 saturated carbocycles. The van der Waals surface area contributed by atoms with Gasteiger partial charge in [-0.05, 0) is 20.8 Å². The molecule has 0 aliphatic heterocycles. The van der Waals surface area contributed by atoms with Gasteiger partial charge in [0.2, 0.25) is 0 Å². The lowest BCUT2D eigenvalue weighted by atomic mass is 10.1. The summed E-state index contributed by atoms with van der Waals surface area (Å²) in [5, 5.41) is 0. The number of aromatic nitrogens is 2. The lowest BCUT2D eigenvalue weighted by Gasteiger charge is -2.31. The van der Waals surface area contributed by atoms with Gasteiger partial charge in [-0.25, -0.2) is 4.98 Å². The fraction of sp³-hybridized carbons (Fsp3) is 0.800. The summed E-state index contributed by atoms with van der Waals surface area (Å²) < 4.78 is 13.1. The third-order valence-electron chi connectivity index (χ3n) is 3.54. The van der Waals surface area contributed by atoms with E-state index in [1.165, 1.54) is 0 Å². The van der Waals surface area contributed by atoms with Crippen LogP contribution in [0.25, 0.3) is 0 Å². The summed E-state index contributed by atoms with van der Waals surface area (Å²) in [4.78, 5) is 6.58. The molecule has 0 radical (unpaired) electrons. The first kappa shape index (κ1) is 18.1. The summed E-state index contributed by atoms with van der Waals surface area (Å²) in [6.07, 6.45) is 3.77. The summed E-state index contributed by atoms with van der Waals surface area (Å²) >= 11 is 0. The van der Waals surface area contributed by atoms with Crippen LogP contribution in [-0.4, -0.2) is 60.5 Å². The molecule has 0 bridgehead atoms. The molecule has 0 aliphatic rings. The molecule has 1 aromatic rings. The first-order chi connectivity index (χ1) is 10.3. The third kappa shape index (κ3) is 5.74. The molecule has 0 aliphatic carbocycles. The zero-order valence-electron chi connectivity index (χ0n) is 13.6. The van der Waals surface area contributed by atoms with Crippen LogP contribution in [0.15, 0.2) is 12.5 Å². The van der Waals surface area contributed by atoms with E-state index in [9.17, 15) is 0 Å². The SMILES string of the molecule is CCOCCN(CCOCC)C(CN)c1cncn1CC. The Labute approximate surface area is 128 Å². The number of nitrogens with zero attached hydrogens (tertiary/aromatic N) is 3. The standard InChI is InChI=1S/C15H30N4O2/c1-4-18-13-17-12-15(18)14(11-16)19(7-9-20-5-2)8-10-21-6-3/h12-14H,4-11,16H2,1-3H3. The monoisotopic (exact) mass is 298 g/mol. The Morgan fingerprint density at radius 2 is 1.81 bits per heavy atom. The average molecular weight is 298 g/mol. The number of imidazole rings is 1. The molecule has 1 unspecified atom stereocenters. The van der Waals surface area contributed by atoms with E-state index >= 15 is 0 Å². The van der Waals surface area contributed by atoms with E-state index < -0.39 is 0 Å². The molecule has 0 aromatic carbocycles. The zero-order chi connectivity index (χ0) is 15.5.